The average molecular weight is 295 g/mol. The van der Waals surface area contributed by atoms with E-state index in [1.165, 1.54) is 0 Å². The smallest absolute Gasteiger partial charge is 0.162 e. The highest BCUT2D eigenvalue weighted by atomic mass is 16.2. The summed E-state index contributed by atoms with van der Waals surface area (Å²) in [4.78, 5) is 16.4. The fourth-order valence-corrected chi connectivity index (χ4v) is 2.19. The van der Waals surface area contributed by atoms with Crippen molar-refractivity contribution < 1.29 is 9.90 Å². The van der Waals surface area contributed by atoms with Crippen LogP contribution in [-0.2, 0) is 0 Å². The van der Waals surface area contributed by atoms with Gasteiger partial charge in [0.05, 0.1) is 5.69 Å². The van der Waals surface area contributed by atoms with Crippen LogP contribution in [0, 0.1) is 0 Å². The lowest BCUT2D eigenvalue weighted by atomic mass is 10.0. The molecule has 22 heavy (non-hydrogen) atoms. The zero-order chi connectivity index (χ0) is 15.6. The molecule has 1 aromatic carbocycles. The molecule has 1 N–H and O–H groups in total. The van der Waals surface area contributed by atoms with Gasteiger partial charge in [0, 0.05) is 24.8 Å². The number of aromatic nitrogens is 1. The van der Waals surface area contributed by atoms with Crippen LogP contribution in [0.3, 0.4) is 0 Å². The Bertz CT molecular complexity index is 620. The third-order valence-corrected chi connectivity index (χ3v) is 3.40. The molecule has 0 saturated carbocycles. The summed E-state index contributed by atoms with van der Waals surface area (Å²) in [6.07, 6.45) is 8.67. The molecule has 0 aliphatic heterocycles. The number of aliphatic hydroxyl groups is 1. The molecule has 0 saturated heterocycles. The van der Waals surface area contributed by atoms with Crippen LogP contribution in [0.5, 0.6) is 0 Å². The number of Topliss-reactive ketones (excluding diaryl/α,β-unsaturated/α-hetero) is 1. The van der Waals surface area contributed by atoms with Crippen molar-refractivity contribution in [3.05, 3.63) is 65.5 Å². The first kappa shape index (κ1) is 16.1. The Morgan fingerprint density at radius 2 is 1.95 bits per heavy atom. The molecule has 0 atom stereocenters. The zero-order valence-corrected chi connectivity index (χ0v) is 12.6. The molecule has 2 aromatic rings. The maximum absolute atomic E-state index is 12.1. The molecular formula is C19H21NO2. The number of hydrogen-bond acceptors (Lipinski definition) is 3. The van der Waals surface area contributed by atoms with Gasteiger partial charge >= 0.3 is 0 Å². The Morgan fingerprint density at radius 3 is 2.73 bits per heavy atom. The lowest BCUT2D eigenvalue weighted by molar-refractivity contribution is 0.0978. The van der Waals surface area contributed by atoms with Crippen LogP contribution in [0.25, 0.3) is 12.2 Å². The van der Waals surface area contributed by atoms with Gasteiger partial charge in [0.1, 0.15) is 0 Å². The number of rotatable bonds is 8. The minimum atomic E-state index is 0.158. The van der Waals surface area contributed by atoms with Gasteiger partial charge in [-0.25, -0.2) is 0 Å². The van der Waals surface area contributed by atoms with Crippen molar-refractivity contribution in [3.8, 4) is 0 Å². The first-order valence-corrected chi connectivity index (χ1v) is 7.63. The number of carbonyl (C=O) groups is 1. The number of unbranched alkanes of at least 4 members (excludes halogenated alkanes) is 2. The highest BCUT2D eigenvalue weighted by molar-refractivity contribution is 5.96. The summed E-state index contributed by atoms with van der Waals surface area (Å²) >= 11 is 0. The summed E-state index contributed by atoms with van der Waals surface area (Å²) < 4.78 is 0. The number of aliphatic hydroxyl groups excluding tert-OH is 1. The van der Waals surface area contributed by atoms with E-state index in [0.29, 0.717) is 6.42 Å². The molecular weight excluding hydrogens is 274 g/mol. The van der Waals surface area contributed by atoms with Gasteiger partial charge in [-0.2, -0.15) is 0 Å². The molecule has 0 unspecified atom stereocenters. The van der Waals surface area contributed by atoms with Gasteiger partial charge in [0.15, 0.2) is 5.78 Å². The second-order valence-electron chi connectivity index (χ2n) is 5.17. The maximum Gasteiger partial charge on any atom is 0.162 e. The van der Waals surface area contributed by atoms with E-state index in [4.69, 9.17) is 5.11 Å². The van der Waals surface area contributed by atoms with Crippen molar-refractivity contribution in [1.82, 2.24) is 4.98 Å². The molecule has 1 heterocycles. The molecule has 0 radical (unpaired) electrons. The summed E-state index contributed by atoms with van der Waals surface area (Å²) in [7, 11) is 0. The van der Waals surface area contributed by atoms with Crippen molar-refractivity contribution in [2.45, 2.75) is 25.7 Å². The predicted octanol–water partition coefficient (Wildman–Crippen LogP) is 3.99. The molecule has 0 aliphatic carbocycles. The van der Waals surface area contributed by atoms with Gasteiger partial charge in [-0.1, -0.05) is 36.8 Å². The van der Waals surface area contributed by atoms with Crippen molar-refractivity contribution in [2.75, 3.05) is 6.61 Å². The zero-order valence-electron chi connectivity index (χ0n) is 12.6. The summed E-state index contributed by atoms with van der Waals surface area (Å²) in [5, 5.41) is 8.74. The van der Waals surface area contributed by atoms with E-state index < -0.39 is 0 Å². The lowest BCUT2D eigenvalue weighted by Gasteiger charge is -2.02. The molecule has 3 heteroatoms. The Morgan fingerprint density at radius 1 is 1.05 bits per heavy atom. The Kier molecular flexibility index (Phi) is 6.52. The minimum absolute atomic E-state index is 0.158. The molecule has 0 aliphatic rings. The van der Waals surface area contributed by atoms with Gasteiger partial charge in [-0.3, -0.25) is 9.78 Å². The third kappa shape index (κ3) is 5.26. The van der Waals surface area contributed by atoms with Crippen molar-refractivity contribution in [2.24, 2.45) is 0 Å². The largest absolute Gasteiger partial charge is 0.396 e. The highest BCUT2D eigenvalue weighted by Gasteiger charge is 2.05. The van der Waals surface area contributed by atoms with Gasteiger partial charge in [-0.15, -0.1) is 0 Å². The molecule has 3 nitrogen and oxygen atoms in total. The van der Waals surface area contributed by atoms with E-state index in [1.807, 2.05) is 54.6 Å². The summed E-state index contributed by atoms with van der Waals surface area (Å²) in [6.45, 7) is 0.196. The molecule has 1 aromatic heterocycles. The van der Waals surface area contributed by atoms with Crippen LogP contribution in [0.1, 0.15) is 47.3 Å². The molecule has 0 spiro atoms. The molecule has 0 bridgehead atoms. The monoisotopic (exact) mass is 295 g/mol. The normalized spacial score (nSPS) is 11.0. The van der Waals surface area contributed by atoms with Gasteiger partial charge in [-0.05, 0) is 42.7 Å². The molecule has 114 valence electrons. The number of benzene rings is 1. The first-order chi connectivity index (χ1) is 10.8. The molecule has 2 rings (SSSR count). The Balaban J connectivity index is 1.97. The average Bonchev–Trinajstić information content (AvgIpc) is 2.58. The second-order valence-corrected chi connectivity index (χ2v) is 5.17. The van der Waals surface area contributed by atoms with Crippen molar-refractivity contribution >= 4 is 17.9 Å². The fraction of sp³-hybridized carbons (Fsp3) is 0.263. The number of pyridine rings is 1. The Hall–Kier alpha value is -2.26. The van der Waals surface area contributed by atoms with E-state index in [0.717, 1.165) is 36.1 Å². The van der Waals surface area contributed by atoms with E-state index in [-0.39, 0.29) is 12.4 Å². The predicted molar refractivity (Wildman–Crippen MR) is 89.5 cm³/mol. The molecule has 0 fully saturated rings. The standard InChI is InChI=1S/C19H21NO2/c21-14-5-1-2-10-19(22)17-8-6-7-16(15-17)11-12-18-9-3-4-13-20-18/h3-4,6-9,11-13,15,21H,1-2,5,10,14H2/b12-11+. The SMILES string of the molecule is O=C(CCCCCO)c1cccc(/C=C/c2ccccn2)c1. The Labute approximate surface area is 131 Å². The van der Waals surface area contributed by atoms with E-state index in [1.54, 1.807) is 6.20 Å². The number of nitrogens with zero attached hydrogens (tertiary/aromatic N) is 1. The van der Waals surface area contributed by atoms with Gasteiger partial charge < -0.3 is 5.11 Å². The third-order valence-electron chi connectivity index (χ3n) is 3.40. The summed E-state index contributed by atoms with van der Waals surface area (Å²) in [5.74, 6) is 0.158. The van der Waals surface area contributed by atoms with Gasteiger partial charge in [0.2, 0.25) is 0 Å². The van der Waals surface area contributed by atoms with Crippen LogP contribution in [0.4, 0.5) is 0 Å². The lowest BCUT2D eigenvalue weighted by Crippen LogP contribution is -1.99. The topological polar surface area (TPSA) is 50.2 Å². The van der Waals surface area contributed by atoms with Crippen molar-refractivity contribution in [3.63, 3.8) is 0 Å². The second kappa shape index (κ2) is 8.90. The summed E-state index contributed by atoms with van der Waals surface area (Å²) in [6, 6.07) is 13.4. The van der Waals surface area contributed by atoms with E-state index in [9.17, 15) is 4.79 Å². The fourth-order valence-electron chi connectivity index (χ4n) is 2.19. The van der Waals surface area contributed by atoms with Crippen LogP contribution >= 0.6 is 0 Å². The quantitative estimate of drug-likeness (QED) is 0.592. The number of ketones is 1. The van der Waals surface area contributed by atoms with Crippen LogP contribution < -0.4 is 0 Å². The van der Waals surface area contributed by atoms with Crippen LogP contribution in [-0.4, -0.2) is 22.5 Å². The van der Waals surface area contributed by atoms with Crippen LogP contribution in [0.2, 0.25) is 0 Å². The van der Waals surface area contributed by atoms with E-state index in [2.05, 4.69) is 4.98 Å². The van der Waals surface area contributed by atoms with Crippen LogP contribution in [0.15, 0.2) is 48.7 Å². The first-order valence-electron chi connectivity index (χ1n) is 7.63. The van der Waals surface area contributed by atoms with Crippen molar-refractivity contribution in [1.29, 1.82) is 0 Å². The number of carbonyl (C=O) groups excluding carboxylic acids is 1. The van der Waals surface area contributed by atoms with E-state index >= 15 is 0 Å². The summed E-state index contributed by atoms with van der Waals surface area (Å²) in [5.41, 5.74) is 2.63. The van der Waals surface area contributed by atoms with Gasteiger partial charge in [0.25, 0.3) is 0 Å². The maximum atomic E-state index is 12.1. The minimum Gasteiger partial charge on any atom is -0.396 e. The highest BCUT2D eigenvalue weighted by Crippen LogP contribution is 2.13. The number of hydrogen-bond donors (Lipinski definition) is 1. The molecule has 0 amide bonds.